The van der Waals surface area contributed by atoms with Gasteiger partial charge >= 0.3 is 0 Å². The molecule has 0 aliphatic heterocycles. The van der Waals surface area contributed by atoms with Gasteiger partial charge in [-0.15, -0.1) is 0 Å². The highest BCUT2D eigenvalue weighted by molar-refractivity contribution is 5.71. The van der Waals surface area contributed by atoms with Gasteiger partial charge in [0, 0.05) is 5.69 Å². The Morgan fingerprint density at radius 2 is 2.17 bits per heavy atom. The minimum Gasteiger partial charge on any atom is -0.336 e. The third-order valence-electron chi connectivity index (χ3n) is 1.83. The molecule has 3 heteroatoms. The summed E-state index contributed by atoms with van der Waals surface area (Å²) in [4.78, 5) is 4.31. The van der Waals surface area contributed by atoms with Crippen LogP contribution in [0.15, 0.2) is 22.9 Å². The van der Waals surface area contributed by atoms with E-state index < -0.39 is 0 Å². The van der Waals surface area contributed by atoms with Crippen molar-refractivity contribution in [3.63, 3.8) is 0 Å². The van der Waals surface area contributed by atoms with Crippen LogP contribution in [0.2, 0.25) is 0 Å². The monoisotopic (exact) mass is 162 g/mol. The summed E-state index contributed by atoms with van der Waals surface area (Å²) in [6.45, 7) is 4.20. The van der Waals surface area contributed by atoms with E-state index >= 15 is 0 Å². The molecule has 0 unspecified atom stereocenters. The van der Waals surface area contributed by atoms with E-state index in [1.807, 2.05) is 12.1 Å². The van der Waals surface area contributed by atoms with Crippen molar-refractivity contribution in [2.75, 3.05) is 0 Å². The molecule has 62 valence electrons. The van der Waals surface area contributed by atoms with Gasteiger partial charge in [0.05, 0.1) is 11.6 Å². The Kier molecular flexibility index (Phi) is 1.57. The lowest BCUT2D eigenvalue weighted by atomic mass is 10.1. The maximum absolute atomic E-state index is 4.95. The zero-order chi connectivity index (χ0) is 8.55. The first-order chi connectivity index (χ1) is 5.77. The summed E-state index contributed by atoms with van der Waals surface area (Å²) in [5.41, 5.74) is 1.67. The quantitative estimate of drug-likeness (QED) is 0.646. The van der Waals surface area contributed by atoms with Gasteiger partial charge in [0.2, 0.25) is 0 Å². The van der Waals surface area contributed by atoms with E-state index in [0.717, 1.165) is 11.1 Å². The number of pyridine rings is 1. The minimum absolute atomic E-state index is 0.430. The van der Waals surface area contributed by atoms with Crippen LogP contribution in [-0.4, -0.2) is 10.1 Å². The molecule has 2 rings (SSSR count). The Labute approximate surface area is 70.4 Å². The Balaban J connectivity index is 2.60. The predicted octanol–water partition coefficient (Wildman–Crippen LogP) is 2.35. The van der Waals surface area contributed by atoms with Gasteiger partial charge in [0.1, 0.15) is 0 Å². The van der Waals surface area contributed by atoms with Crippen LogP contribution in [0, 0.1) is 0 Å². The van der Waals surface area contributed by atoms with Crippen molar-refractivity contribution in [3.8, 4) is 0 Å². The van der Waals surface area contributed by atoms with Crippen LogP contribution < -0.4 is 0 Å². The zero-order valence-electron chi connectivity index (χ0n) is 7.11. The smallest absolute Gasteiger partial charge is 0.257 e. The van der Waals surface area contributed by atoms with Crippen molar-refractivity contribution in [2.45, 2.75) is 19.8 Å². The topological polar surface area (TPSA) is 38.9 Å². The van der Waals surface area contributed by atoms with Crippen LogP contribution in [0.3, 0.4) is 0 Å². The second-order valence-electron chi connectivity index (χ2n) is 3.11. The van der Waals surface area contributed by atoms with Gasteiger partial charge in [-0.1, -0.05) is 19.0 Å². The Morgan fingerprint density at radius 3 is 2.92 bits per heavy atom. The molecule has 0 radical (unpaired) electrons. The largest absolute Gasteiger partial charge is 0.336 e. The van der Waals surface area contributed by atoms with Gasteiger partial charge < -0.3 is 4.52 Å². The van der Waals surface area contributed by atoms with Crippen LogP contribution in [0.25, 0.3) is 11.1 Å². The molecular weight excluding hydrogens is 152 g/mol. The maximum atomic E-state index is 4.95. The van der Waals surface area contributed by atoms with Crippen molar-refractivity contribution < 1.29 is 4.52 Å². The molecule has 2 heterocycles. The summed E-state index contributed by atoms with van der Waals surface area (Å²) in [7, 11) is 0. The van der Waals surface area contributed by atoms with Crippen molar-refractivity contribution in [1.82, 2.24) is 10.1 Å². The third-order valence-corrected chi connectivity index (χ3v) is 1.83. The van der Waals surface area contributed by atoms with Crippen LogP contribution in [0.5, 0.6) is 0 Å². The number of aromatic nitrogens is 2. The van der Waals surface area contributed by atoms with Gasteiger partial charge in [-0.25, -0.2) is 4.98 Å². The van der Waals surface area contributed by atoms with Crippen LogP contribution >= 0.6 is 0 Å². The predicted molar refractivity (Wildman–Crippen MR) is 45.9 cm³/mol. The molecule has 0 amide bonds. The molecule has 12 heavy (non-hydrogen) atoms. The maximum Gasteiger partial charge on any atom is 0.257 e. The fraction of sp³-hybridized carbons (Fsp3) is 0.333. The molecule has 2 aromatic heterocycles. The van der Waals surface area contributed by atoms with Crippen LogP contribution in [0.4, 0.5) is 0 Å². The zero-order valence-corrected chi connectivity index (χ0v) is 7.11. The van der Waals surface area contributed by atoms with Crippen molar-refractivity contribution >= 4 is 11.1 Å². The van der Waals surface area contributed by atoms with Crippen LogP contribution in [0.1, 0.15) is 25.5 Å². The lowest BCUT2D eigenvalue weighted by Crippen LogP contribution is -1.90. The van der Waals surface area contributed by atoms with E-state index in [-0.39, 0.29) is 0 Å². The highest BCUT2D eigenvalue weighted by atomic mass is 16.5. The number of hydrogen-bond donors (Lipinski definition) is 0. The molecule has 0 bridgehead atoms. The molecule has 0 atom stereocenters. The SMILES string of the molecule is CC(C)c1ccc2cnoc2n1. The number of fused-ring (bicyclic) bond motifs is 1. The molecule has 0 aliphatic rings. The molecule has 0 saturated carbocycles. The van der Waals surface area contributed by atoms with Gasteiger partial charge in [0.15, 0.2) is 0 Å². The Hall–Kier alpha value is -1.38. The summed E-state index contributed by atoms with van der Waals surface area (Å²) >= 11 is 0. The highest BCUT2D eigenvalue weighted by Crippen LogP contribution is 2.16. The first-order valence-corrected chi connectivity index (χ1v) is 3.98. The number of hydrogen-bond acceptors (Lipinski definition) is 3. The molecule has 0 saturated heterocycles. The summed E-state index contributed by atoms with van der Waals surface area (Å²) in [5.74, 6) is 0.430. The van der Waals surface area contributed by atoms with Crippen molar-refractivity contribution in [1.29, 1.82) is 0 Å². The molecule has 0 N–H and O–H groups in total. The molecule has 0 aromatic carbocycles. The van der Waals surface area contributed by atoms with Gasteiger partial charge in [-0.05, 0) is 18.1 Å². The van der Waals surface area contributed by atoms with Crippen molar-refractivity contribution in [2.24, 2.45) is 0 Å². The minimum atomic E-state index is 0.430. The van der Waals surface area contributed by atoms with Gasteiger partial charge in [0.25, 0.3) is 5.71 Å². The van der Waals surface area contributed by atoms with E-state index in [9.17, 15) is 0 Å². The van der Waals surface area contributed by atoms with E-state index in [1.54, 1.807) is 6.20 Å². The fourth-order valence-electron chi connectivity index (χ4n) is 1.09. The van der Waals surface area contributed by atoms with E-state index in [1.165, 1.54) is 0 Å². The average Bonchev–Trinajstić information content (AvgIpc) is 2.49. The molecule has 2 aromatic rings. The lowest BCUT2D eigenvalue weighted by Gasteiger charge is -2.01. The van der Waals surface area contributed by atoms with E-state index in [0.29, 0.717) is 11.6 Å². The second-order valence-corrected chi connectivity index (χ2v) is 3.11. The summed E-state index contributed by atoms with van der Waals surface area (Å²) < 4.78 is 4.95. The standard InChI is InChI=1S/C9H10N2O/c1-6(2)8-4-3-7-5-10-12-9(7)11-8/h3-6H,1-2H3. The fourth-order valence-corrected chi connectivity index (χ4v) is 1.09. The molecule has 0 fully saturated rings. The van der Waals surface area contributed by atoms with E-state index in [4.69, 9.17) is 4.52 Å². The summed E-state index contributed by atoms with van der Waals surface area (Å²) in [6, 6.07) is 3.98. The summed E-state index contributed by atoms with van der Waals surface area (Å²) in [6.07, 6.45) is 1.67. The summed E-state index contributed by atoms with van der Waals surface area (Å²) in [5, 5.41) is 4.62. The Morgan fingerprint density at radius 1 is 1.33 bits per heavy atom. The van der Waals surface area contributed by atoms with E-state index in [2.05, 4.69) is 24.0 Å². The Bertz CT molecular complexity index is 392. The van der Waals surface area contributed by atoms with Crippen molar-refractivity contribution in [3.05, 3.63) is 24.0 Å². The first-order valence-electron chi connectivity index (χ1n) is 3.98. The van der Waals surface area contributed by atoms with Gasteiger partial charge in [-0.3, -0.25) is 0 Å². The third kappa shape index (κ3) is 1.07. The number of rotatable bonds is 1. The lowest BCUT2D eigenvalue weighted by molar-refractivity contribution is 0.447. The number of nitrogens with zero attached hydrogens (tertiary/aromatic N) is 2. The highest BCUT2D eigenvalue weighted by Gasteiger charge is 2.04. The molecule has 0 spiro atoms. The second kappa shape index (κ2) is 2.59. The molecular formula is C9H10N2O. The normalized spacial score (nSPS) is 11.2. The van der Waals surface area contributed by atoms with Gasteiger partial charge in [-0.2, -0.15) is 0 Å². The molecule has 3 nitrogen and oxygen atoms in total. The average molecular weight is 162 g/mol. The first kappa shape index (κ1) is 7.28. The molecule has 0 aliphatic carbocycles. The van der Waals surface area contributed by atoms with Crippen LogP contribution in [-0.2, 0) is 0 Å².